The minimum absolute atomic E-state index is 0.402. The van der Waals surface area contributed by atoms with E-state index in [0.717, 1.165) is 5.02 Å². The molecule has 14 heavy (non-hydrogen) atoms. The molecule has 0 amide bonds. The molecule has 1 saturated heterocycles. The van der Waals surface area contributed by atoms with Crippen molar-refractivity contribution in [1.29, 1.82) is 0 Å². The Bertz CT molecular complexity index is 312. The van der Waals surface area contributed by atoms with Crippen LogP contribution >= 0.6 is 23.4 Å². The van der Waals surface area contributed by atoms with Gasteiger partial charge in [0.05, 0.1) is 0 Å². The van der Waals surface area contributed by atoms with Gasteiger partial charge in [-0.15, -0.1) is 0 Å². The third-order valence-corrected chi connectivity index (χ3v) is 3.98. The highest BCUT2D eigenvalue weighted by Crippen LogP contribution is 2.22. The van der Waals surface area contributed by atoms with Crippen molar-refractivity contribution in [3.63, 3.8) is 0 Å². The first kappa shape index (κ1) is 10.3. The molecule has 1 N–H and O–H groups in total. The number of thioether (sulfide) groups is 1. The highest BCUT2D eigenvalue weighted by Gasteiger charge is 2.20. The number of hydrogen-bond acceptors (Lipinski definition) is 2. The Morgan fingerprint density at radius 2 is 2.29 bits per heavy atom. The van der Waals surface area contributed by atoms with Crippen molar-refractivity contribution in [3.8, 4) is 0 Å². The van der Waals surface area contributed by atoms with Gasteiger partial charge < -0.3 is 5.32 Å². The third-order valence-electron chi connectivity index (χ3n) is 2.47. The first-order valence-corrected chi connectivity index (χ1v) is 6.38. The second-order valence-electron chi connectivity index (χ2n) is 3.68. The Morgan fingerprint density at radius 3 is 2.86 bits per heavy atom. The van der Waals surface area contributed by atoms with Crippen LogP contribution in [-0.2, 0) is 0 Å². The van der Waals surface area contributed by atoms with E-state index in [4.69, 9.17) is 11.6 Å². The zero-order valence-corrected chi connectivity index (χ0v) is 9.74. The molecule has 1 heterocycles. The smallest absolute Gasteiger partial charge is 0.0409 e. The molecule has 1 fully saturated rings. The van der Waals surface area contributed by atoms with E-state index in [9.17, 15) is 0 Å². The van der Waals surface area contributed by atoms with Crippen LogP contribution < -0.4 is 5.32 Å². The molecule has 0 spiro atoms. The molecule has 0 bridgehead atoms. The minimum atomic E-state index is 0.402. The lowest BCUT2D eigenvalue weighted by atomic mass is 10.1. The highest BCUT2D eigenvalue weighted by molar-refractivity contribution is 8.00. The van der Waals surface area contributed by atoms with Gasteiger partial charge in [0.25, 0.3) is 0 Å². The van der Waals surface area contributed by atoms with E-state index < -0.39 is 0 Å². The Labute approximate surface area is 94.2 Å². The van der Waals surface area contributed by atoms with Gasteiger partial charge in [-0.05, 0) is 24.6 Å². The van der Waals surface area contributed by atoms with Crippen molar-refractivity contribution < 1.29 is 0 Å². The van der Waals surface area contributed by atoms with Gasteiger partial charge in [0, 0.05) is 28.6 Å². The topological polar surface area (TPSA) is 12.0 Å². The predicted octanol–water partition coefficient (Wildman–Crippen LogP) is 3.11. The van der Waals surface area contributed by atoms with Crippen molar-refractivity contribution in [2.75, 3.05) is 11.5 Å². The highest BCUT2D eigenvalue weighted by atomic mass is 35.5. The molecule has 0 aliphatic carbocycles. The van der Waals surface area contributed by atoms with E-state index in [0.29, 0.717) is 12.1 Å². The molecule has 1 unspecified atom stereocenters. The maximum Gasteiger partial charge on any atom is 0.0409 e. The summed E-state index contributed by atoms with van der Waals surface area (Å²) in [6.07, 6.45) is 0. The molecule has 1 aliphatic heterocycles. The lowest BCUT2D eigenvalue weighted by Crippen LogP contribution is -2.41. The predicted molar refractivity (Wildman–Crippen MR) is 64.1 cm³/mol. The summed E-state index contributed by atoms with van der Waals surface area (Å²) in [5.74, 6) is 2.48. The van der Waals surface area contributed by atoms with Crippen LogP contribution in [0.15, 0.2) is 24.3 Å². The number of rotatable bonds is 3. The molecule has 0 radical (unpaired) electrons. The van der Waals surface area contributed by atoms with Gasteiger partial charge in [-0.3, -0.25) is 0 Å². The van der Waals surface area contributed by atoms with Crippen LogP contribution in [-0.4, -0.2) is 17.5 Å². The Balaban J connectivity index is 1.98. The molecular weight excluding hydrogens is 214 g/mol. The molecule has 0 saturated carbocycles. The average molecular weight is 228 g/mol. The van der Waals surface area contributed by atoms with E-state index in [-0.39, 0.29) is 0 Å². The monoisotopic (exact) mass is 227 g/mol. The number of halogens is 1. The number of hydrogen-bond donors (Lipinski definition) is 1. The Morgan fingerprint density at radius 1 is 1.50 bits per heavy atom. The molecule has 1 atom stereocenters. The first-order chi connectivity index (χ1) is 6.75. The summed E-state index contributed by atoms with van der Waals surface area (Å²) < 4.78 is 0. The summed E-state index contributed by atoms with van der Waals surface area (Å²) in [5.41, 5.74) is 1.27. The average Bonchev–Trinajstić information content (AvgIpc) is 2.11. The summed E-state index contributed by atoms with van der Waals surface area (Å²) in [4.78, 5) is 0. The van der Waals surface area contributed by atoms with Crippen LogP contribution in [0.25, 0.3) is 0 Å². The van der Waals surface area contributed by atoms with E-state index in [1.54, 1.807) is 0 Å². The standard InChI is InChI=1S/C11H14ClNS/c1-8(13-11-6-14-7-11)9-3-2-4-10(12)5-9/h2-5,8,11,13H,6-7H2,1H3. The molecule has 76 valence electrons. The lowest BCUT2D eigenvalue weighted by Gasteiger charge is -2.29. The third kappa shape index (κ3) is 2.44. The van der Waals surface area contributed by atoms with Crippen molar-refractivity contribution in [1.82, 2.24) is 5.32 Å². The van der Waals surface area contributed by atoms with Crippen LogP contribution in [0.3, 0.4) is 0 Å². The fourth-order valence-electron chi connectivity index (χ4n) is 1.56. The quantitative estimate of drug-likeness (QED) is 0.852. The minimum Gasteiger partial charge on any atom is -0.306 e. The van der Waals surface area contributed by atoms with E-state index in [2.05, 4.69) is 18.3 Å². The summed E-state index contributed by atoms with van der Waals surface area (Å²) in [5, 5.41) is 4.40. The van der Waals surface area contributed by atoms with Gasteiger partial charge in [-0.1, -0.05) is 23.7 Å². The van der Waals surface area contributed by atoms with Crippen molar-refractivity contribution in [3.05, 3.63) is 34.9 Å². The van der Waals surface area contributed by atoms with Crippen molar-refractivity contribution in [2.45, 2.75) is 19.0 Å². The van der Waals surface area contributed by atoms with E-state index in [1.165, 1.54) is 17.1 Å². The number of benzene rings is 1. The molecule has 3 heteroatoms. The van der Waals surface area contributed by atoms with E-state index >= 15 is 0 Å². The van der Waals surface area contributed by atoms with Crippen LogP contribution in [0.1, 0.15) is 18.5 Å². The molecule has 2 rings (SSSR count). The molecule has 1 aromatic rings. The normalized spacial score (nSPS) is 19.0. The van der Waals surface area contributed by atoms with E-state index in [1.807, 2.05) is 30.0 Å². The zero-order chi connectivity index (χ0) is 9.97. The molecular formula is C11H14ClNS. The van der Waals surface area contributed by atoms with Gasteiger partial charge in [0.1, 0.15) is 0 Å². The molecule has 1 aliphatic rings. The SMILES string of the molecule is CC(NC1CSC1)c1cccc(Cl)c1. The number of nitrogens with one attached hydrogen (secondary N) is 1. The summed E-state index contributed by atoms with van der Waals surface area (Å²) in [6.45, 7) is 2.19. The van der Waals surface area contributed by atoms with Gasteiger partial charge >= 0.3 is 0 Å². The second kappa shape index (κ2) is 4.56. The summed E-state index contributed by atoms with van der Waals surface area (Å²) in [7, 11) is 0. The van der Waals surface area contributed by atoms with Crippen LogP contribution in [0.5, 0.6) is 0 Å². The van der Waals surface area contributed by atoms with Crippen molar-refractivity contribution in [2.24, 2.45) is 0 Å². The van der Waals surface area contributed by atoms with Crippen LogP contribution in [0.2, 0.25) is 5.02 Å². The van der Waals surface area contributed by atoms with Gasteiger partial charge in [-0.25, -0.2) is 0 Å². The Hall–Kier alpha value is -0.180. The molecule has 1 aromatic carbocycles. The maximum absolute atomic E-state index is 5.94. The zero-order valence-electron chi connectivity index (χ0n) is 8.16. The molecule has 1 nitrogen and oxygen atoms in total. The lowest BCUT2D eigenvalue weighted by molar-refractivity contribution is 0.503. The van der Waals surface area contributed by atoms with Crippen molar-refractivity contribution >= 4 is 23.4 Å². The summed E-state index contributed by atoms with van der Waals surface area (Å²) >= 11 is 7.94. The maximum atomic E-state index is 5.94. The van der Waals surface area contributed by atoms with Gasteiger partial charge in [-0.2, -0.15) is 11.8 Å². The van der Waals surface area contributed by atoms with Gasteiger partial charge in [0.2, 0.25) is 0 Å². The fraction of sp³-hybridized carbons (Fsp3) is 0.455. The summed E-state index contributed by atoms with van der Waals surface area (Å²) in [6, 6.07) is 9.16. The second-order valence-corrected chi connectivity index (χ2v) is 5.19. The van der Waals surface area contributed by atoms with Crippen LogP contribution in [0, 0.1) is 0 Å². The first-order valence-electron chi connectivity index (χ1n) is 4.85. The van der Waals surface area contributed by atoms with Gasteiger partial charge in [0.15, 0.2) is 0 Å². The Kier molecular flexibility index (Phi) is 3.37. The van der Waals surface area contributed by atoms with Crippen LogP contribution in [0.4, 0.5) is 0 Å². The largest absolute Gasteiger partial charge is 0.306 e. The molecule has 0 aromatic heterocycles. The fourth-order valence-corrected chi connectivity index (χ4v) is 2.42.